The summed E-state index contributed by atoms with van der Waals surface area (Å²) < 4.78 is 15.1. The minimum absolute atomic E-state index is 0.186. The second-order valence-corrected chi connectivity index (χ2v) is 7.63. The van der Waals surface area contributed by atoms with Crippen molar-refractivity contribution in [2.24, 2.45) is 5.73 Å². The van der Waals surface area contributed by atoms with Gasteiger partial charge in [-0.05, 0) is 49.4 Å². The summed E-state index contributed by atoms with van der Waals surface area (Å²) in [5.41, 5.74) is 9.31. The maximum absolute atomic E-state index is 13.6. The van der Waals surface area contributed by atoms with Crippen LogP contribution >= 0.6 is 0 Å². The quantitative estimate of drug-likeness (QED) is 0.518. The largest absolute Gasteiger partial charge is 0.366 e. The van der Waals surface area contributed by atoms with Crippen molar-refractivity contribution in [3.05, 3.63) is 76.9 Å². The molecule has 0 unspecified atom stereocenters. The van der Waals surface area contributed by atoms with Gasteiger partial charge in [-0.15, -0.1) is 0 Å². The molecule has 0 radical (unpaired) electrons. The molecule has 5 rings (SSSR count). The number of hydrogen-bond acceptors (Lipinski definition) is 5. The van der Waals surface area contributed by atoms with E-state index in [1.54, 1.807) is 16.8 Å². The standard InChI is InChI=1S/C23H21FN6O/c24-15-7-5-6-14(12-15)13-26-22-16-8-1-3-10-18(16)27-23(28-22)30-19-11-4-2-9-17(19)20(29-30)21(25)31/h2,4-7,9,11-12H,1,3,8,10,13H2,(H2,25,31)(H,26,27,28). The van der Waals surface area contributed by atoms with E-state index in [0.717, 1.165) is 42.5 Å². The number of nitrogens with one attached hydrogen (secondary N) is 1. The van der Waals surface area contributed by atoms with Crippen LogP contribution in [0.25, 0.3) is 16.9 Å². The number of hydrogen-bond donors (Lipinski definition) is 2. The van der Waals surface area contributed by atoms with Crippen molar-refractivity contribution in [1.82, 2.24) is 19.7 Å². The van der Waals surface area contributed by atoms with Crippen molar-refractivity contribution in [1.29, 1.82) is 0 Å². The van der Waals surface area contributed by atoms with Crippen molar-refractivity contribution in [3.63, 3.8) is 0 Å². The molecule has 2 heterocycles. The summed E-state index contributed by atoms with van der Waals surface area (Å²) in [6.07, 6.45) is 3.86. The van der Waals surface area contributed by atoms with Gasteiger partial charge in [0, 0.05) is 17.5 Å². The molecule has 4 aromatic rings. The zero-order valence-electron chi connectivity index (χ0n) is 16.8. The third-order valence-electron chi connectivity index (χ3n) is 5.53. The Morgan fingerprint density at radius 3 is 2.77 bits per heavy atom. The topological polar surface area (TPSA) is 98.7 Å². The lowest BCUT2D eigenvalue weighted by Gasteiger charge is -2.20. The van der Waals surface area contributed by atoms with E-state index in [9.17, 15) is 9.18 Å². The molecule has 3 N–H and O–H groups in total. The number of primary amides is 1. The summed E-state index contributed by atoms with van der Waals surface area (Å²) in [6.45, 7) is 0.438. The molecule has 0 saturated carbocycles. The first-order chi connectivity index (χ1) is 15.1. The Hall–Kier alpha value is -3.81. The van der Waals surface area contributed by atoms with Crippen LogP contribution in [0.4, 0.5) is 10.2 Å². The van der Waals surface area contributed by atoms with Crippen molar-refractivity contribution in [2.75, 3.05) is 5.32 Å². The summed E-state index contributed by atoms with van der Waals surface area (Å²) in [5.74, 6) is 0.222. The number of aromatic nitrogens is 4. The van der Waals surface area contributed by atoms with Gasteiger partial charge >= 0.3 is 0 Å². The van der Waals surface area contributed by atoms with Crippen molar-refractivity contribution in [3.8, 4) is 5.95 Å². The highest BCUT2D eigenvalue weighted by atomic mass is 19.1. The van der Waals surface area contributed by atoms with Crippen molar-refractivity contribution >= 4 is 22.6 Å². The monoisotopic (exact) mass is 416 g/mol. The van der Waals surface area contributed by atoms with Gasteiger partial charge in [-0.1, -0.05) is 30.3 Å². The Balaban J connectivity index is 1.60. The number of aryl methyl sites for hydroxylation is 1. The van der Waals surface area contributed by atoms with Gasteiger partial charge in [0.25, 0.3) is 11.9 Å². The third-order valence-corrected chi connectivity index (χ3v) is 5.53. The Bertz CT molecular complexity index is 1300. The van der Waals surface area contributed by atoms with Gasteiger partial charge in [0.15, 0.2) is 5.69 Å². The summed E-state index contributed by atoms with van der Waals surface area (Å²) >= 11 is 0. The van der Waals surface area contributed by atoms with Crippen LogP contribution in [0.5, 0.6) is 0 Å². The minimum atomic E-state index is -0.600. The smallest absolute Gasteiger partial charge is 0.269 e. The summed E-state index contributed by atoms with van der Waals surface area (Å²) in [7, 11) is 0. The number of anilines is 1. The van der Waals surface area contributed by atoms with E-state index < -0.39 is 5.91 Å². The highest BCUT2D eigenvalue weighted by Crippen LogP contribution is 2.28. The van der Waals surface area contributed by atoms with Crippen molar-refractivity contribution in [2.45, 2.75) is 32.2 Å². The van der Waals surface area contributed by atoms with Crippen LogP contribution in [0.2, 0.25) is 0 Å². The number of fused-ring (bicyclic) bond motifs is 2. The lowest BCUT2D eigenvalue weighted by atomic mass is 9.96. The van der Waals surface area contributed by atoms with Crippen molar-refractivity contribution < 1.29 is 9.18 Å². The van der Waals surface area contributed by atoms with Gasteiger partial charge in [-0.25, -0.2) is 9.37 Å². The highest BCUT2D eigenvalue weighted by molar-refractivity contribution is 6.04. The lowest BCUT2D eigenvalue weighted by Crippen LogP contribution is -2.17. The predicted octanol–water partition coefficient (Wildman–Crippen LogP) is 3.54. The number of halogens is 1. The maximum Gasteiger partial charge on any atom is 0.269 e. The van der Waals surface area contributed by atoms with Crippen LogP contribution in [0.3, 0.4) is 0 Å². The van der Waals surface area contributed by atoms with Gasteiger partial charge in [0.1, 0.15) is 11.6 Å². The van der Waals surface area contributed by atoms with Crippen LogP contribution in [-0.2, 0) is 19.4 Å². The molecule has 156 valence electrons. The molecule has 0 spiro atoms. The fraction of sp³-hybridized carbons (Fsp3) is 0.217. The molecular weight excluding hydrogens is 395 g/mol. The molecular formula is C23H21FN6O. The fourth-order valence-corrected chi connectivity index (χ4v) is 4.06. The molecule has 31 heavy (non-hydrogen) atoms. The maximum atomic E-state index is 13.6. The summed E-state index contributed by atoms with van der Waals surface area (Å²) in [5, 5.41) is 8.43. The zero-order valence-corrected chi connectivity index (χ0v) is 16.8. The minimum Gasteiger partial charge on any atom is -0.366 e. The summed E-state index contributed by atoms with van der Waals surface area (Å²) in [4.78, 5) is 21.4. The molecule has 1 amide bonds. The molecule has 0 atom stereocenters. The van der Waals surface area contributed by atoms with Crippen LogP contribution in [0, 0.1) is 5.82 Å². The second-order valence-electron chi connectivity index (χ2n) is 7.63. The van der Waals surface area contributed by atoms with E-state index in [1.165, 1.54) is 12.1 Å². The van der Waals surface area contributed by atoms with E-state index in [2.05, 4.69) is 10.4 Å². The Morgan fingerprint density at radius 2 is 1.94 bits per heavy atom. The predicted molar refractivity (Wildman–Crippen MR) is 116 cm³/mol. The van der Waals surface area contributed by atoms with E-state index in [1.807, 2.05) is 24.3 Å². The molecule has 1 aliphatic carbocycles. The Kier molecular flexibility index (Phi) is 4.82. The van der Waals surface area contributed by atoms with E-state index in [-0.39, 0.29) is 11.5 Å². The number of benzene rings is 2. The first kappa shape index (κ1) is 19.2. The normalized spacial score (nSPS) is 13.2. The van der Waals surface area contributed by atoms with Gasteiger partial charge in [-0.3, -0.25) is 4.79 Å². The fourth-order valence-electron chi connectivity index (χ4n) is 4.06. The molecule has 0 bridgehead atoms. The van der Waals surface area contributed by atoms with Crippen LogP contribution in [-0.4, -0.2) is 25.7 Å². The Morgan fingerprint density at radius 1 is 1.10 bits per heavy atom. The third kappa shape index (κ3) is 3.61. The lowest BCUT2D eigenvalue weighted by molar-refractivity contribution is 0.0996. The molecule has 2 aromatic heterocycles. The molecule has 0 aliphatic heterocycles. The van der Waals surface area contributed by atoms with Gasteiger partial charge in [0.2, 0.25) is 0 Å². The van der Waals surface area contributed by atoms with Gasteiger partial charge in [0.05, 0.1) is 11.2 Å². The highest BCUT2D eigenvalue weighted by Gasteiger charge is 2.22. The molecule has 0 fully saturated rings. The van der Waals surface area contributed by atoms with Crippen LogP contribution < -0.4 is 11.1 Å². The average Bonchev–Trinajstić information content (AvgIpc) is 3.17. The molecule has 0 saturated heterocycles. The average molecular weight is 416 g/mol. The zero-order chi connectivity index (χ0) is 21.4. The van der Waals surface area contributed by atoms with Gasteiger partial charge < -0.3 is 11.1 Å². The Labute approximate surface area is 178 Å². The number of amides is 1. The van der Waals surface area contributed by atoms with Crippen LogP contribution in [0.15, 0.2) is 48.5 Å². The number of rotatable bonds is 5. The molecule has 1 aliphatic rings. The first-order valence-electron chi connectivity index (χ1n) is 10.3. The molecule has 7 nitrogen and oxygen atoms in total. The molecule has 2 aromatic carbocycles. The molecule has 8 heteroatoms. The number of carbonyl (C=O) groups is 1. The van der Waals surface area contributed by atoms with E-state index in [4.69, 9.17) is 15.7 Å². The second kappa shape index (κ2) is 7.79. The number of para-hydroxylation sites is 1. The van der Waals surface area contributed by atoms with E-state index >= 15 is 0 Å². The number of carbonyl (C=O) groups excluding carboxylic acids is 1. The summed E-state index contributed by atoms with van der Waals surface area (Å²) in [6, 6.07) is 13.8. The van der Waals surface area contributed by atoms with Gasteiger partial charge in [-0.2, -0.15) is 14.8 Å². The number of nitrogens with zero attached hydrogens (tertiary/aromatic N) is 4. The number of nitrogens with two attached hydrogens (primary N) is 1. The van der Waals surface area contributed by atoms with Crippen LogP contribution in [0.1, 0.15) is 40.2 Å². The van der Waals surface area contributed by atoms with E-state index in [0.29, 0.717) is 29.2 Å². The SMILES string of the molecule is NC(=O)c1nn(-c2nc3c(c(NCc4cccc(F)c4)n2)CCCC3)c2ccccc12. The first-order valence-corrected chi connectivity index (χ1v) is 10.3.